The van der Waals surface area contributed by atoms with Crippen molar-refractivity contribution in [2.45, 2.75) is 45.4 Å². The normalized spacial score (nSPS) is 15.6. The summed E-state index contributed by atoms with van der Waals surface area (Å²) in [5.74, 6) is -0.143. The minimum Gasteiger partial charge on any atom is -0.494 e. The summed E-state index contributed by atoms with van der Waals surface area (Å²) in [7, 11) is 0. The van der Waals surface area contributed by atoms with Crippen LogP contribution in [0, 0.1) is 5.92 Å². The van der Waals surface area contributed by atoms with Crippen molar-refractivity contribution in [2.75, 3.05) is 6.61 Å². The molecular formula is C16H22O3. The second-order valence-electron chi connectivity index (χ2n) is 5.22. The van der Waals surface area contributed by atoms with E-state index in [2.05, 4.69) is 12.1 Å². The maximum atomic E-state index is 10.9. The third-order valence-electron chi connectivity index (χ3n) is 3.90. The van der Waals surface area contributed by atoms with Crippen molar-refractivity contribution in [2.24, 2.45) is 5.92 Å². The molecule has 1 aliphatic rings. The minimum absolute atomic E-state index is 0.294. The SMILES string of the molecule is CCC(CCOc1ccc2c(c1)CCCC2)C(=O)O. The van der Waals surface area contributed by atoms with Crippen LogP contribution in [0.15, 0.2) is 18.2 Å². The van der Waals surface area contributed by atoms with E-state index in [0.29, 0.717) is 19.4 Å². The van der Waals surface area contributed by atoms with Crippen LogP contribution in [0.25, 0.3) is 0 Å². The zero-order valence-electron chi connectivity index (χ0n) is 11.5. The standard InChI is InChI=1S/C16H22O3/c1-2-12(16(17)18)9-10-19-15-8-7-13-5-3-4-6-14(13)11-15/h7-8,11-12H,2-6,9-10H2,1H3,(H,17,18). The van der Waals surface area contributed by atoms with Crippen LogP contribution < -0.4 is 4.74 Å². The lowest BCUT2D eigenvalue weighted by atomic mass is 9.92. The number of carboxylic acid groups (broad SMARTS) is 1. The number of benzene rings is 1. The molecule has 1 unspecified atom stereocenters. The van der Waals surface area contributed by atoms with E-state index < -0.39 is 5.97 Å². The summed E-state index contributed by atoms with van der Waals surface area (Å²) in [6, 6.07) is 6.28. The topological polar surface area (TPSA) is 46.5 Å². The van der Waals surface area contributed by atoms with Gasteiger partial charge in [0.05, 0.1) is 12.5 Å². The molecule has 1 aromatic rings. The quantitative estimate of drug-likeness (QED) is 0.854. The number of carbonyl (C=O) groups is 1. The highest BCUT2D eigenvalue weighted by molar-refractivity contribution is 5.69. The van der Waals surface area contributed by atoms with Crippen molar-refractivity contribution < 1.29 is 14.6 Å². The van der Waals surface area contributed by atoms with Gasteiger partial charge in [0, 0.05) is 0 Å². The van der Waals surface area contributed by atoms with E-state index in [1.165, 1.54) is 30.4 Å². The Balaban J connectivity index is 1.88. The molecule has 3 heteroatoms. The largest absolute Gasteiger partial charge is 0.494 e. The zero-order chi connectivity index (χ0) is 13.7. The number of aliphatic carboxylic acids is 1. The Labute approximate surface area is 114 Å². The first-order valence-electron chi connectivity index (χ1n) is 7.18. The van der Waals surface area contributed by atoms with Crippen LogP contribution in [0.4, 0.5) is 0 Å². The Morgan fingerprint density at radius 1 is 1.32 bits per heavy atom. The molecule has 0 aliphatic heterocycles. The summed E-state index contributed by atoms with van der Waals surface area (Å²) in [5.41, 5.74) is 2.84. The molecule has 0 spiro atoms. The van der Waals surface area contributed by atoms with Crippen molar-refractivity contribution >= 4 is 5.97 Å². The lowest BCUT2D eigenvalue weighted by molar-refractivity contribution is -0.142. The van der Waals surface area contributed by atoms with Gasteiger partial charge < -0.3 is 9.84 Å². The van der Waals surface area contributed by atoms with Crippen molar-refractivity contribution in [3.8, 4) is 5.75 Å². The summed E-state index contributed by atoms with van der Waals surface area (Å²) in [5, 5.41) is 8.97. The maximum Gasteiger partial charge on any atom is 0.306 e. The number of carboxylic acids is 1. The second-order valence-corrected chi connectivity index (χ2v) is 5.22. The van der Waals surface area contributed by atoms with Crippen molar-refractivity contribution in [3.05, 3.63) is 29.3 Å². The third kappa shape index (κ3) is 3.72. The van der Waals surface area contributed by atoms with Crippen LogP contribution in [0.5, 0.6) is 5.75 Å². The first kappa shape index (κ1) is 13.9. The molecule has 1 aromatic carbocycles. The highest BCUT2D eigenvalue weighted by atomic mass is 16.5. The molecule has 0 bridgehead atoms. The number of hydrogen-bond donors (Lipinski definition) is 1. The molecule has 0 radical (unpaired) electrons. The highest BCUT2D eigenvalue weighted by Gasteiger charge is 2.15. The lowest BCUT2D eigenvalue weighted by Crippen LogP contribution is -2.16. The molecule has 0 aromatic heterocycles. The van der Waals surface area contributed by atoms with Crippen molar-refractivity contribution in [3.63, 3.8) is 0 Å². The average Bonchev–Trinajstić information content (AvgIpc) is 2.43. The molecule has 0 heterocycles. The Bertz CT molecular complexity index is 440. The van der Waals surface area contributed by atoms with Gasteiger partial charge in [0.25, 0.3) is 0 Å². The highest BCUT2D eigenvalue weighted by Crippen LogP contribution is 2.25. The van der Waals surface area contributed by atoms with E-state index in [9.17, 15) is 4.79 Å². The molecule has 1 atom stereocenters. The lowest BCUT2D eigenvalue weighted by Gasteiger charge is -2.17. The zero-order valence-corrected chi connectivity index (χ0v) is 11.5. The van der Waals surface area contributed by atoms with Crippen LogP contribution in [0.2, 0.25) is 0 Å². The molecule has 0 saturated carbocycles. The fraction of sp³-hybridized carbons (Fsp3) is 0.562. The third-order valence-corrected chi connectivity index (χ3v) is 3.90. The first-order valence-corrected chi connectivity index (χ1v) is 7.18. The first-order chi connectivity index (χ1) is 9.20. The van der Waals surface area contributed by atoms with Gasteiger partial charge in [-0.2, -0.15) is 0 Å². The van der Waals surface area contributed by atoms with Gasteiger partial charge in [-0.15, -0.1) is 0 Å². The van der Waals surface area contributed by atoms with Gasteiger partial charge in [-0.05, 0) is 61.8 Å². The van der Waals surface area contributed by atoms with Crippen LogP contribution in [-0.4, -0.2) is 17.7 Å². The summed E-state index contributed by atoms with van der Waals surface area (Å²) in [6.45, 7) is 2.38. The molecule has 0 amide bonds. The molecule has 1 aliphatic carbocycles. The molecule has 2 rings (SSSR count). The summed E-state index contributed by atoms with van der Waals surface area (Å²) in [6.07, 6.45) is 6.08. The van der Waals surface area contributed by atoms with E-state index in [-0.39, 0.29) is 5.92 Å². The van der Waals surface area contributed by atoms with Crippen LogP contribution in [0.1, 0.15) is 43.7 Å². The van der Waals surface area contributed by atoms with E-state index in [1.54, 1.807) is 0 Å². The van der Waals surface area contributed by atoms with Crippen molar-refractivity contribution in [1.82, 2.24) is 0 Å². The average molecular weight is 262 g/mol. The van der Waals surface area contributed by atoms with Gasteiger partial charge in [0.2, 0.25) is 0 Å². The van der Waals surface area contributed by atoms with Gasteiger partial charge in [0.1, 0.15) is 5.75 Å². The molecule has 104 valence electrons. The van der Waals surface area contributed by atoms with Crippen LogP contribution >= 0.6 is 0 Å². The Kier molecular flexibility index (Phi) is 4.83. The van der Waals surface area contributed by atoms with Crippen LogP contribution in [0.3, 0.4) is 0 Å². The molecule has 3 nitrogen and oxygen atoms in total. The van der Waals surface area contributed by atoms with Gasteiger partial charge >= 0.3 is 5.97 Å². The summed E-state index contributed by atoms with van der Waals surface area (Å²) < 4.78 is 5.69. The van der Waals surface area contributed by atoms with E-state index in [4.69, 9.17) is 9.84 Å². The van der Waals surface area contributed by atoms with Gasteiger partial charge in [-0.1, -0.05) is 13.0 Å². The molecule has 19 heavy (non-hydrogen) atoms. The predicted molar refractivity (Wildman–Crippen MR) is 74.6 cm³/mol. The minimum atomic E-state index is -0.725. The molecule has 0 saturated heterocycles. The van der Waals surface area contributed by atoms with Gasteiger partial charge in [-0.3, -0.25) is 4.79 Å². The molecule has 1 N–H and O–H groups in total. The number of rotatable bonds is 6. The van der Waals surface area contributed by atoms with E-state index >= 15 is 0 Å². The Morgan fingerprint density at radius 2 is 2.05 bits per heavy atom. The monoisotopic (exact) mass is 262 g/mol. The fourth-order valence-corrected chi connectivity index (χ4v) is 2.62. The summed E-state index contributed by atoms with van der Waals surface area (Å²) in [4.78, 5) is 10.9. The Morgan fingerprint density at radius 3 is 2.74 bits per heavy atom. The number of hydrogen-bond acceptors (Lipinski definition) is 2. The number of aryl methyl sites for hydroxylation is 2. The Hall–Kier alpha value is -1.51. The van der Waals surface area contributed by atoms with E-state index in [1.807, 2.05) is 13.0 Å². The molecular weight excluding hydrogens is 240 g/mol. The molecule has 0 fully saturated rings. The summed E-state index contributed by atoms with van der Waals surface area (Å²) >= 11 is 0. The maximum absolute atomic E-state index is 10.9. The number of fused-ring (bicyclic) bond motifs is 1. The smallest absolute Gasteiger partial charge is 0.306 e. The fourth-order valence-electron chi connectivity index (χ4n) is 2.62. The predicted octanol–water partition coefficient (Wildman–Crippen LogP) is 3.45. The van der Waals surface area contributed by atoms with Crippen molar-refractivity contribution in [1.29, 1.82) is 0 Å². The van der Waals surface area contributed by atoms with Crippen LogP contribution in [-0.2, 0) is 17.6 Å². The van der Waals surface area contributed by atoms with Gasteiger partial charge in [0.15, 0.2) is 0 Å². The number of ether oxygens (including phenoxy) is 1. The second kappa shape index (κ2) is 6.60. The van der Waals surface area contributed by atoms with E-state index in [0.717, 1.165) is 12.2 Å². The van der Waals surface area contributed by atoms with Gasteiger partial charge in [-0.25, -0.2) is 0 Å².